The maximum atomic E-state index is 12.9. The summed E-state index contributed by atoms with van der Waals surface area (Å²) >= 11 is 0. The van der Waals surface area contributed by atoms with E-state index in [-0.39, 0.29) is 30.9 Å². The number of rotatable bonds is 24. The fourth-order valence-corrected chi connectivity index (χ4v) is 6.67. The van der Waals surface area contributed by atoms with E-state index in [9.17, 15) is 24.8 Å². The number of nitrogens with zero attached hydrogens (tertiary/aromatic N) is 3. The predicted molar refractivity (Wildman–Crippen MR) is 228 cm³/mol. The molecule has 0 fully saturated rings. The molecule has 0 aliphatic carbocycles. The summed E-state index contributed by atoms with van der Waals surface area (Å²) < 4.78 is 18.8. The van der Waals surface area contributed by atoms with Crippen LogP contribution in [-0.2, 0) is 36.8 Å². The van der Waals surface area contributed by atoms with E-state index >= 15 is 0 Å². The molecular formula is C46H57N7O7. The average Bonchev–Trinajstić information content (AvgIpc) is 3.49. The average molecular weight is 820 g/mol. The predicted octanol–water partition coefficient (Wildman–Crippen LogP) is 3.92. The van der Waals surface area contributed by atoms with Gasteiger partial charge in [-0.3, -0.25) is 14.4 Å². The molecule has 14 nitrogen and oxygen atoms in total. The molecule has 0 radical (unpaired) electrons. The molecule has 0 aliphatic heterocycles. The summed E-state index contributed by atoms with van der Waals surface area (Å²) in [5.41, 5.74) is 13.2. The third kappa shape index (κ3) is 14.2. The number of carbonyl (C=O) groups is 3. The monoisotopic (exact) mass is 819 g/mol. The smallest absolute Gasteiger partial charge is 0.251 e. The highest BCUT2D eigenvalue weighted by Crippen LogP contribution is 2.32. The topological polar surface area (TPSA) is 214 Å². The SMILES string of the molecule is Cc1c(C#N)c(-c2ccc(C#N)cc2)c(C)n1Cc1ccc(C(=O)NCCOCCOCCOCCNC(=O)[C@H](CC(C)C)NC(=O)[C@@H](O)[C@H](N)Cc2ccccc2)cc1. The Bertz CT molecular complexity index is 2070. The number of nitrogens with one attached hydrogen (secondary N) is 3. The van der Waals surface area contributed by atoms with Crippen LogP contribution in [0.4, 0.5) is 0 Å². The van der Waals surface area contributed by atoms with Gasteiger partial charge in [0, 0.05) is 48.2 Å². The highest BCUT2D eigenvalue weighted by atomic mass is 16.5. The summed E-state index contributed by atoms with van der Waals surface area (Å²) in [6.07, 6.45) is -0.754. The zero-order valence-electron chi connectivity index (χ0n) is 34.9. The van der Waals surface area contributed by atoms with Crippen LogP contribution in [0, 0.1) is 42.4 Å². The first-order valence-electron chi connectivity index (χ1n) is 20.2. The fourth-order valence-electron chi connectivity index (χ4n) is 6.67. The largest absolute Gasteiger partial charge is 0.382 e. The molecule has 0 spiro atoms. The number of nitrogens with two attached hydrogens (primary N) is 1. The molecule has 14 heteroatoms. The lowest BCUT2D eigenvalue weighted by Crippen LogP contribution is -2.54. The Balaban J connectivity index is 1.06. The molecule has 0 bridgehead atoms. The molecule has 6 N–H and O–H groups in total. The molecule has 60 heavy (non-hydrogen) atoms. The van der Waals surface area contributed by atoms with Crippen LogP contribution in [-0.4, -0.2) is 98.3 Å². The minimum Gasteiger partial charge on any atom is -0.382 e. The zero-order valence-corrected chi connectivity index (χ0v) is 34.9. The number of benzene rings is 3. The van der Waals surface area contributed by atoms with Gasteiger partial charge in [-0.1, -0.05) is 68.4 Å². The van der Waals surface area contributed by atoms with E-state index in [4.69, 9.17) is 25.2 Å². The van der Waals surface area contributed by atoms with E-state index in [1.54, 1.807) is 24.3 Å². The van der Waals surface area contributed by atoms with Crippen molar-refractivity contribution in [3.05, 3.63) is 118 Å². The number of hydrogen-bond acceptors (Lipinski definition) is 10. The molecule has 1 aromatic heterocycles. The van der Waals surface area contributed by atoms with Crippen molar-refractivity contribution in [2.45, 2.75) is 65.3 Å². The van der Waals surface area contributed by atoms with Crippen molar-refractivity contribution >= 4 is 17.7 Å². The van der Waals surface area contributed by atoms with Crippen LogP contribution < -0.4 is 21.7 Å². The molecule has 0 unspecified atom stereocenters. The minimum absolute atomic E-state index is 0.118. The maximum absolute atomic E-state index is 12.9. The highest BCUT2D eigenvalue weighted by Gasteiger charge is 2.28. The van der Waals surface area contributed by atoms with Gasteiger partial charge < -0.3 is 45.6 Å². The Morgan fingerprint density at radius 3 is 1.93 bits per heavy atom. The molecule has 4 aromatic rings. The summed E-state index contributed by atoms with van der Waals surface area (Å²) in [5.74, 6) is -1.15. The van der Waals surface area contributed by atoms with Crippen molar-refractivity contribution in [1.29, 1.82) is 10.5 Å². The fraction of sp³-hybridized carbons (Fsp3) is 0.413. The Hall–Kier alpha value is -5.87. The number of aliphatic hydroxyl groups excluding tert-OH is 1. The molecule has 0 saturated carbocycles. The molecule has 3 atom stereocenters. The Labute approximate surface area is 352 Å². The van der Waals surface area contributed by atoms with Crippen LogP contribution in [0.15, 0.2) is 78.9 Å². The van der Waals surface area contributed by atoms with Crippen molar-refractivity contribution in [3.8, 4) is 23.3 Å². The lowest BCUT2D eigenvalue weighted by Gasteiger charge is -2.24. The standard InChI is InChI=1S/C46H57N7O7/c1-31(2)26-41(52-46(57)43(54)40(49)27-34-8-6-5-7-9-34)45(56)51-19-21-59-23-25-60-24-22-58-20-18-50-44(55)38-16-12-36(13-17-38)30-53-32(3)39(29-48)42(33(53)4)37-14-10-35(28-47)11-15-37/h5-17,31,40-41,43,54H,18-27,30,49H2,1-4H3,(H,50,55)(H,51,56)(H,52,57)/t40-,41+,43+/m1/s1. The quantitative estimate of drug-likeness (QED) is 0.0643. The number of aromatic nitrogens is 1. The molecule has 0 saturated heterocycles. The van der Waals surface area contributed by atoms with Crippen LogP contribution in [0.3, 0.4) is 0 Å². The number of ether oxygens (including phenoxy) is 3. The van der Waals surface area contributed by atoms with Crippen LogP contribution in [0.1, 0.15) is 64.3 Å². The van der Waals surface area contributed by atoms with Gasteiger partial charge in [0.15, 0.2) is 0 Å². The number of carbonyl (C=O) groups excluding carboxylic acids is 3. The first-order valence-corrected chi connectivity index (χ1v) is 20.2. The second-order valence-electron chi connectivity index (χ2n) is 14.9. The van der Waals surface area contributed by atoms with Crippen molar-refractivity contribution in [1.82, 2.24) is 20.5 Å². The Morgan fingerprint density at radius 1 is 0.750 bits per heavy atom. The van der Waals surface area contributed by atoms with Crippen molar-refractivity contribution in [3.63, 3.8) is 0 Å². The van der Waals surface area contributed by atoms with Crippen LogP contribution in [0.2, 0.25) is 0 Å². The van der Waals surface area contributed by atoms with E-state index in [1.807, 2.05) is 82.3 Å². The molecule has 0 aliphatic rings. The van der Waals surface area contributed by atoms with E-state index in [2.05, 4.69) is 32.7 Å². The Morgan fingerprint density at radius 2 is 1.35 bits per heavy atom. The molecule has 318 valence electrons. The van der Waals surface area contributed by atoms with Crippen molar-refractivity contribution < 1.29 is 33.7 Å². The molecular weight excluding hydrogens is 763 g/mol. The van der Waals surface area contributed by atoms with Gasteiger partial charge in [0.2, 0.25) is 5.91 Å². The second-order valence-corrected chi connectivity index (χ2v) is 14.9. The third-order valence-corrected chi connectivity index (χ3v) is 9.90. The van der Waals surface area contributed by atoms with Gasteiger partial charge in [0.1, 0.15) is 18.2 Å². The van der Waals surface area contributed by atoms with E-state index in [1.165, 1.54) is 0 Å². The molecule has 1 heterocycles. The van der Waals surface area contributed by atoms with Gasteiger partial charge in [0.05, 0.1) is 56.8 Å². The highest BCUT2D eigenvalue weighted by molar-refractivity contribution is 5.94. The second kappa shape index (κ2) is 24.3. The summed E-state index contributed by atoms with van der Waals surface area (Å²) in [5, 5.41) is 37.9. The number of hydrogen-bond donors (Lipinski definition) is 5. The van der Waals surface area contributed by atoms with E-state index in [0.717, 1.165) is 33.6 Å². The summed E-state index contributed by atoms with van der Waals surface area (Å²) in [6.45, 7) is 10.8. The lowest BCUT2D eigenvalue weighted by molar-refractivity contribution is -0.135. The molecule has 3 amide bonds. The van der Waals surface area contributed by atoms with Gasteiger partial charge in [0.25, 0.3) is 11.8 Å². The Kier molecular flexibility index (Phi) is 18.9. The summed E-state index contributed by atoms with van der Waals surface area (Å²) in [7, 11) is 0. The summed E-state index contributed by atoms with van der Waals surface area (Å²) in [4.78, 5) is 38.4. The summed E-state index contributed by atoms with van der Waals surface area (Å²) in [6, 6.07) is 26.7. The minimum atomic E-state index is -1.46. The van der Waals surface area contributed by atoms with Crippen molar-refractivity contribution in [2.24, 2.45) is 11.7 Å². The normalized spacial score (nSPS) is 12.6. The zero-order chi connectivity index (χ0) is 43.4. The molecule has 4 rings (SSSR count). The first-order chi connectivity index (χ1) is 28.9. The van der Waals surface area contributed by atoms with Gasteiger partial charge in [-0.25, -0.2) is 0 Å². The third-order valence-electron chi connectivity index (χ3n) is 9.90. The van der Waals surface area contributed by atoms with Crippen LogP contribution in [0.25, 0.3) is 11.1 Å². The van der Waals surface area contributed by atoms with E-state index in [0.29, 0.717) is 75.7 Å². The van der Waals surface area contributed by atoms with Crippen molar-refractivity contribution in [2.75, 3.05) is 52.7 Å². The number of nitriles is 2. The number of aliphatic hydroxyl groups is 1. The van der Waals surface area contributed by atoms with E-state index < -0.39 is 24.1 Å². The maximum Gasteiger partial charge on any atom is 0.251 e. The van der Waals surface area contributed by atoms with Crippen LogP contribution >= 0.6 is 0 Å². The lowest BCUT2D eigenvalue weighted by atomic mass is 10.00. The number of amides is 3. The van der Waals surface area contributed by atoms with Gasteiger partial charge >= 0.3 is 0 Å². The molecule has 3 aromatic carbocycles. The van der Waals surface area contributed by atoms with Gasteiger partial charge in [-0.05, 0) is 73.6 Å². The van der Waals surface area contributed by atoms with Crippen LogP contribution in [0.5, 0.6) is 0 Å². The van der Waals surface area contributed by atoms with Gasteiger partial charge in [-0.15, -0.1) is 0 Å². The van der Waals surface area contributed by atoms with Gasteiger partial charge in [-0.2, -0.15) is 10.5 Å². The first kappa shape index (κ1) is 46.8.